The van der Waals surface area contributed by atoms with Gasteiger partial charge in [-0.25, -0.2) is 14.6 Å². The molecule has 2 aromatic rings. The van der Waals surface area contributed by atoms with Crippen molar-refractivity contribution < 1.29 is 9.53 Å². The van der Waals surface area contributed by atoms with Crippen LogP contribution in [0, 0.1) is 18.4 Å². The molecule has 3 unspecified atom stereocenters. The van der Waals surface area contributed by atoms with Crippen LogP contribution in [0.3, 0.4) is 0 Å². The van der Waals surface area contributed by atoms with Crippen molar-refractivity contribution in [3.63, 3.8) is 0 Å². The molecule has 1 saturated heterocycles. The van der Waals surface area contributed by atoms with Gasteiger partial charge in [-0.3, -0.25) is 4.90 Å². The third-order valence-corrected chi connectivity index (χ3v) is 7.16. The van der Waals surface area contributed by atoms with Crippen LogP contribution in [-0.4, -0.2) is 57.7 Å². The van der Waals surface area contributed by atoms with Crippen molar-refractivity contribution in [3.05, 3.63) is 59.5 Å². The van der Waals surface area contributed by atoms with Crippen molar-refractivity contribution in [2.24, 2.45) is 11.8 Å². The fraction of sp³-hybridized carbons (Fsp3) is 0.542. The third kappa shape index (κ3) is 4.45. The molecular weight excluding hydrogens is 390 g/mol. The molecule has 1 aliphatic heterocycles. The summed E-state index contributed by atoms with van der Waals surface area (Å²) in [6.45, 7) is 11.7. The quantitative estimate of drug-likeness (QED) is 0.689. The first-order valence-electron chi connectivity index (χ1n) is 11.3. The Labute approximate surface area is 183 Å². The third-order valence-electron chi connectivity index (χ3n) is 7.16. The van der Waals surface area contributed by atoms with Crippen LogP contribution in [0.5, 0.6) is 0 Å². The molecule has 0 N–H and O–H groups in total. The number of aromatic nitrogens is 2. The maximum atomic E-state index is 12.6. The Balaban J connectivity index is 1.11. The van der Waals surface area contributed by atoms with Gasteiger partial charge in [0.05, 0.1) is 18.6 Å². The molecule has 3 atom stereocenters. The van der Waals surface area contributed by atoms with Crippen LogP contribution in [-0.2, 0) is 17.8 Å². The highest BCUT2D eigenvalue weighted by molar-refractivity contribution is 5.68. The number of nitrogens with zero attached hydrogens (tertiary/aromatic N) is 5. The van der Waals surface area contributed by atoms with Crippen molar-refractivity contribution >= 4 is 11.8 Å². The van der Waals surface area contributed by atoms with E-state index in [1.165, 1.54) is 19.3 Å². The number of imidazole rings is 1. The Morgan fingerprint density at radius 3 is 2.58 bits per heavy atom. The van der Waals surface area contributed by atoms with Crippen LogP contribution in [0.25, 0.3) is 4.85 Å². The standard InChI is InChI=1S/C24H29N5O2/c1-25-21-6-3-18(4-7-21)15-29-17-26-14-22(29)16-27-8-10-28(11-9-27)24(30)31-23-13-19-2-5-20(23)12-19/h3-4,6-7,14,17,19-20,23H,2,5,8-13,15-16H2. The second-order valence-corrected chi connectivity index (χ2v) is 9.15. The molecule has 2 heterocycles. The van der Waals surface area contributed by atoms with Gasteiger partial charge in [0.25, 0.3) is 0 Å². The van der Waals surface area contributed by atoms with Crippen molar-refractivity contribution in [1.82, 2.24) is 19.4 Å². The number of ether oxygens (including phenoxy) is 1. The Morgan fingerprint density at radius 2 is 1.90 bits per heavy atom. The second kappa shape index (κ2) is 8.72. The highest BCUT2D eigenvalue weighted by atomic mass is 16.6. The summed E-state index contributed by atoms with van der Waals surface area (Å²) in [4.78, 5) is 24.6. The summed E-state index contributed by atoms with van der Waals surface area (Å²) in [6, 6.07) is 7.71. The van der Waals surface area contributed by atoms with Gasteiger partial charge in [-0.15, -0.1) is 0 Å². The van der Waals surface area contributed by atoms with Crippen LogP contribution in [0.15, 0.2) is 36.8 Å². The summed E-state index contributed by atoms with van der Waals surface area (Å²) < 4.78 is 8.02. The van der Waals surface area contributed by atoms with Crippen LogP contribution in [0.4, 0.5) is 10.5 Å². The number of piperazine rings is 1. The molecule has 3 fully saturated rings. The fourth-order valence-electron chi connectivity index (χ4n) is 5.35. The topological polar surface area (TPSA) is 55.0 Å². The summed E-state index contributed by atoms with van der Waals surface area (Å²) in [7, 11) is 0. The SMILES string of the molecule is [C-]#[N+]c1ccc(Cn2cncc2CN2CCN(C(=O)OC3CC4CCC3C4)CC2)cc1. The van der Waals surface area contributed by atoms with Gasteiger partial charge in [0.15, 0.2) is 5.69 Å². The van der Waals surface area contributed by atoms with E-state index in [4.69, 9.17) is 11.3 Å². The fourth-order valence-corrected chi connectivity index (χ4v) is 5.35. The van der Waals surface area contributed by atoms with Gasteiger partial charge in [0.1, 0.15) is 6.10 Å². The largest absolute Gasteiger partial charge is 0.446 e. The highest BCUT2D eigenvalue weighted by Gasteiger charge is 2.42. The van der Waals surface area contributed by atoms with Gasteiger partial charge in [-0.2, -0.15) is 0 Å². The van der Waals surface area contributed by atoms with E-state index >= 15 is 0 Å². The zero-order chi connectivity index (χ0) is 21.2. The summed E-state index contributed by atoms with van der Waals surface area (Å²) >= 11 is 0. The molecule has 31 heavy (non-hydrogen) atoms. The number of fused-ring (bicyclic) bond motifs is 2. The van der Waals surface area contributed by atoms with Gasteiger partial charge < -0.3 is 14.2 Å². The molecule has 1 aromatic heterocycles. The minimum atomic E-state index is -0.120. The lowest BCUT2D eigenvalue weighted by Gasteiger charge is -2.35. The first-order chi connectivity index (χ1) is 15.2. The molecule has 2 bridgehead atoms. The number of rotatable bonds is 5. The van der Waals surface area contributed by atoms with E-state index in [0.29, 0.717) is 24.7 Å². The average molecular weight is 420 g/mol. The van der Waals surface area contributed by atoms with Crippen LogP contribution < -0.4 is 0 Å². The molecule has 5 rings (SSSR count). The van der Waals surface area contributed by atoms with Gasteiger partial charge in [-0.1, -0.05) is 24.3 Å². The smallest absolute Gasteiger partial charge is 0.410 e. The summed E-state index contributed by atoms with van der Waals surface area (Å²) in [5, 5.41) is 0. The predicted octanol–water partition coefficient (Wildman–Crippen LogP) is 3.92. The number of hydrogen-bond acceptors (Lipinski definition) is 4. The Kier molecular flexibility index (Phi) is 5.65. The Hall–Kier alpha value is -2.85. The molecule has 0 spiro atoms. The normalized spacial score (nSPS) is 25.5. The van der Waals surface area contributed by atoms with E-state index in [1.54, 1.807) is 0 Å². The second-order valence-electron chi connectivity index (χ2n) is 9.15. The predicted molar refractivity (Wildman–Crippen MR) is 117 cm³/mol. The van der Waals surface area contributed by atoms with E-state index in [-0.39, 0.29) is 12.2 Å². The van der Waals surface area contributed by atoms with Gasteiger partial charge in [0, 0.05) is 45.5 Å². The number of amides is 1. The molecule has 7 heteroatoms. The van der Waals surface area contributed by atoms with E-state index in [1.807, 2.05) is 41.7 Å². The summed E-state index contributed by atoms with van der Waals surface area (Å²) in [6.07, 6.45) is 8.69. The van der Waals surface area contributed by atoms with Gasteiger partial charge in [0.2, 0.25) is 0 Å². The average Bonchev–Trinajstić information content (AvgIpc) is 3.53. The first kappa shape index (κ1) is 20.1. The lowest BCUT2D eigenvalue weighted by molar-refractivity contribution is 0.0248. The minimum Gasteiger partial charge on any atom is -0.446 e. The number of carbonyl (C=O) groups is 1. The Bertz CT molecular complexity index is 955. The lowest BCUT2D eigenvalue weighted by atomic mass is 9.98. The van der Waals surface area contributed by atoms with Crippen LogP contribution in [0.2, 0.25) is 0 Å². The maximum absolute atomic E-state index is 12.6. The van der Waals surface area contributed by atoms with E-state index in [2.05, 4.69) is 19.3 Å². The molecular formula is C24H29N5O2. The molecule has 1 aromatic carbocycles. The van der Waals surface area contributed by atoms with Gasteiger partial charge >= 0.3 is 6.09 Å². The molecule has 0 radical (unpaired) electrons. The number of benzene rings is 1. The first-order valence-corrected chi connectivity index (χ1v) is 11.3. The molecule has 2 saturated carbocycles. The monoisotopic (exact) mass is 419 g/mol. The number of carbonyl (C=O) groups excluding carboxylic acids is 1. The molecule has 7 nitrogen and oxygen atoms in total. The molecule has 1 amide bonds. The van der Waals surface area contributed by atoms with Crippen molar-refractivity contribution in [2.45, 2.75) is 44.9 Å². The van der Waals surface area contributed by atoms with E-state index < -0.39 is 0 Å². The van der Waals surface area contributed by atoms with Gasteiger partial charge in [-0.05, 0) is 43.1 Å². The molecule has 3 aliphatic rings. The lowest BCUT2D eigenvalue weighted by Crippen LogP contribution is -2.49. The Morgan fingerprint density at radius 1 is 1.10 bits per heavy atom. The van der Waals surface area contributed by atoms with Crippen LogP contribution >= 0.6 is 0 Å². The summed E-state index contributed by atoms with van der Waals surface area (Å²) in [5.41, 5.74) is 2.97. The molecule has 2 aliphatic carbocycles. The maximum Gasteiger partial charge on any atom is 0.410 e. The van der Waals surface area contributed by atoms with Crippen LogP contribution in [0.1, 0.15) is 36.9 Å². The van der Waals surface area contributed by atoms with E-state index in [0.717, 1.165) is 49.8 Å². The highest BCUT2D eigenvalue weighted by Crippen LogP contribution is 2.46. The molecule has 162 valence electrons. The minimum absolute atomic E-state index is 0.120. The summed E-state index contributed by atoms with van der Waals surface area (Å²) in [5.74, 6) is 1.39. The van der Waals surface area contributed by atoms with Crippen molar-refractivity contribution in [3.8, 4) is 0 Å². The number of hydrogen-bond donors (Lipinski definition) is 0. The zero-order valence-corrected chi connectivity index (χ0v) is 17.8. The van der Waals surface area contributed by atoms with Crippen molar-refractivity contribution in [2.75, 3.05) is 26.2 Å². The van der Waals surface area contributed by atoms with Crippen molar-refractivity contribution in [1.29, 1.82) is 0 Å². The zero-order valence-electron chi connectivity index (χ0n) is 17.8. The van der Waals surface area contributed by atoms with E-state index in [9.17, 15) is 4.79 Å².